The summed E-state index contributed by atoms with van der Waals surface area (Å²) in [6, 6.07) is 5.54. The zero-order chi connectivity index (χ0) is 27.6. The van der Waals surface area contributed by atoms with E-state index in [0.717, 1.165) is 64.0 Å². The van der Waals surface area contributed by atoms with Crippen molar-refractivity contribution in [2.75, 3.05) is 39.8 Å². The fourth-order valence-electron chi connectivity index (χ4n) is 6.34. The van der Waals surface area contributed by atoms with Crippen LogP contribution < -0.4 is 5.73 Å². The minimum atomic E-state index is -4.38. The summed E-state index contributed by atoms with van der Waals surface area (Å²) >= 11 is 0. The Balaban J connectivity index is 1.37. The lowest BCUT2D eigenvalue weighted by molar-refractivity contribution is -0.137. The Bertz CT molecular complexity index is 1200. The first-order chi connectivity index (χ1) is 18.7. The Labute approximate surface area is 229 Å². The summed E-state index contributed by atoms with van der Waals surface area (Å²) in [5, 5.41) is 0. The quantitative estimate of drug-likeness (QED) is 0.333. The zero-order valence-corrected chi connectivity index (χ0v) is 23.2. The van der Waals surface area contributed by atoms with Crippen molar-refractivity contribution in [3.63, 3.8) is 0 Å². The maximum absolute atomic E-state index is 13.4. The molecule has 3 fully saturated rings. The van der Waals surface area contributed by atoms with Crippen molar-refractivity contribution in [1.29, 1.82) is 0 Å². The number of halogens is 3. The summed E-state index contributed by atoms with van der Waals surface area (Å²) in [5.74, 6) is 2.42. The van der Waals surface area contributed by atoms with Gasteiger partial charge in [-0.05, 0) is 76.6 Å². The van der Waals surface area contributed by atoms with Gasteiger partial charge in [-0.15, -0.1) is 0 Å². The Morgan fingerprint density at radius 1 is 1.03 bits per heavy atom. The third kappa shape index (κ3) is 6.18. The molecule has 5 rings (SSSR count). The van der Waals surface area contributed by atoms with Gasteiger partial charge in [-0.2, -0.15) is 13.2 Å². The number of alkyl halides is 3. The molecule has 3 aliphatic rings. The standard InChI is InChI=1S/C30H41F3N6/c1-21(27(28(34)35-2)22-7-5-8-22)38-15-11-23(12-16-38)29-36-26(20-39(29)18-17-37-13-3-4-14-37)24-9-6-10-25(19-24)30(31,32)33/h6,9-10,19-20,22-23H,3-5,7-8,11-18H2,1-2H3,(H2,34,35)/b27-21+. The van der Waals surface area contributed by atoms with Crippen LogP contribution in [0.1, 0.15) is 69.2 Å². The van der Waals surface area contributed by atoms with E-state index in [9.17, 15) is 13.2 Å². The molecule has 2 saturated heterocycles. The Morgan fingerprint density at radius 3 is 2.36 bits per heavy atom. The molecule has 0 radical (unpaired) electrons. The van der Waals surface area contributed by atoms with Gasteiger partial charge >= 0.3 is 6.18 Å². The number of nitrogens with two attached hydrogens (primary N) is 1. The number of hydrogen-bond acceptors (Lipinski definition) is 4. The molecule has 6 nitrogen and oxygen atoms in total. The third-order valence-corrected chi connectivity index (χ3v) is 8.90. The lowest BCUT2D eigenvalue weighted by Gasteiger charge is -2.38. The number of piperidine rings is 1. The molecule has 0 atom stereocenters. The van der Waals surface area contributed by atoms with Gasteiger partial charge in [0.05, 0.1) is 11.3 Å². The molecule has 1 aromatic heterocycles. The first-order valence-electron chi connectivity index (χ1n) is 14.4. The normalized spacial score (nSPS) is 20.8. The number of aliphatic imine (C=N–C) groups is 1. The number of rotatable bonds is 8. The molecule has 0 bridgehead atoms. The van der Waals surface area contributed by atoms with E-state index < -0.39 is 11.7 Å². The highest BCUT2D eigenvalue weighted by atomic mass is 19.4. The van der Waals surface area contributed by atoms with Crippen molar-refractivity contribution in [3.05, 3.63) is 53.1 Å². The minimum Gasteiger partial charge on any atom is -0.384 e. The van der Waals surface area contributed by atoms with Gasteiger partial charge < -0.3 is 20.1 Å². The summed E-state index contributed by atoms with van der Waals surface area (Å²) in [7, 11) is 1.76. The number of imidazole rings is 1. The molecule has 2 aliphatic heterocycles. The van der Waals surface area contributed by atoms with Crippen LogP contribution in [0.4, 0.5) is 13.2 Å². The van der Waals surface area contributed by atoms with Crippen LogP contribution in [0.3, 0.4) is 0 Å². The zero-order valence-electron chi connectivity index (χ0n) is 23.2. The predicted molar refractivity (Wildman–Crippen MR) is 149 cm³/mol. The van der Waals surface area contributed by atoms with E-state index in [1.54, 1.807) is 13.1 Å². The van der Waals surface area contributed by atoms with Gasteiger partial charge in [0.1, 0.15) is 11.7 Å². The number of hydrogen-bond donors (Lipinski definition) is 1. The van der Waals surface area contributed by atoms with Crippen LogP contribution in [-0.4, -0.2) is 65.0 Å². The van der Waals surface area contributed by atoms with Crippen LogP contribution >= 0.6 is 0 Å². The number of allylic oxidation sites excluding steroid dienone is 1. The maximum Gasteiger partial charge on any atom is 0.416 e. The van der Waals surface area contributed by atoms with Crippen molar-refractivity contribution < 1.29 is 13.2 Å². The van der Waals surface area contributed by atoms with Crippen LogP contribution in [0.15, 0.2) is 46.7 Å². The summed E-state index contributed by atoms with van der Waals surface area (Å²) in [5.41, 5.74) is 9.28. The van der Waals surface area contributed by atoms with Gasteiger partial charge in [-0.25, -0.2) is 4.98 Å². The highest BCUT2D eigenvalue weighted by Gasteiger charge is 2.32. The molecule has 2 N–H and O–H groups in total. The molecule has 0 amide bonds. The molecule has 0 spiro atoms. The lowest BCUT2D eigenvalue weighted by Crippen LogP contribution is -2.36. The fourth-order valence-corrected chi connectivity index (χ4v) is 6.34. The molecule has 1 saturated carbocycles. The second kappa shape index (κ2) is 11.7. The van der Waals surface area contributed by atoms with Gasteiger partial charge in [0.25, 0.3) is 0 Å². The molecule has 3 heterocycles. The first-order valence-corrected chi connectivity index (χ1v) is 14.4. The molecule has 39 heavy (non-hydrogen) atoms. The highest BCUT2D eigenvalue weighted by molar-refractivity contribution is 5.98. The minimum absolute atomic E-state index is 0.261. The molecular weight excluding hydrogens is 501 g/mol. The maximum atomic E-state index is 13.4. The second-order valence-corrected chi connectivity index (χ2v) is 11.3. The van der Waals surface area contributed by atoms with Crippen LogP contribution in [0.2, 0.25) is 0 Å². The van der Waals surface area contributed by atoms with Crippen LogP contribution in [-0.2, 0) is 12.7 Å². The number of amidine groups is 1. The molecule has 2 aromatic rings. The number of benzene rings is 1. The van der Waals surface area contributed by atoms with Crippen molar-refractivity contribution in [3.8, 4) is 11.3 Å². The van der Waals surface area contributed by atoms with E-state index in [1.165, 1.54) is 55.5 Å². The van der Waals surface area contributed by atoms with E-state index >= 15 is 0 Å². The summed E-state index contributed by atoms with van der Waals surface area (Å²) in [6.45, 7) is 7.95. The lowest BCUT2D eigenvalue weighted by atomic mass is 9.78. The van der Waals surface area contributed by atoms with Gasteiger partial charge in [0, 0.05) is 62.2 Å². The van der Waals surface area contributed by atoms with Gasteiger partial charge in [-0.3, -0.25) is 4.99 Å². The molecule has 1 aliphatic carbocycles. The van der Waals surface area contributed by atoms with Gasteiger partial charge in [0.2, 0.25) is 0 Å². The summed E-state index contributed by atoms with van der Waals surface area (Å²) < 4.78 is 42.4. The Morgan fingerprint density at radius 2 is 1.74 bits per heavy atom. The Hall–Kier alpha value is -2.81. The molecular formula is C30H41F3N6. The van der Waals surface area contributed by atoms with Crippen molar-refractivity contribution >= 4 is 5.84 Å². The number of nitrogens with zero attached hydrogens (tertiary/aromatic N) is 5. The van der Waals surface area contributed by atoms with E-state index in [2.05, 4.69) is 26.3 Å². The molecule has 212 valence electrons. The van der Waals surface area contributed by atoms with Gasteiger partial charge in [-0.1, -0.05) is 18.6 Å². The monoisotopic (exact) mass is 542 g/mol. The van der Waals surface area contributed by atoms with Crippen LogP contribution in [0.5, 0.6) is 0 Å². The van der Waals surface area contributed by atoms with Crippen molar-refractivity contribution in [2.45, 2.75) is 70.5 Å². The molecule has 1 aromatic carbocycles. The molecule has 9 heteroatoms. The van der Waals surface area contributed by atoms with Crippen molar-refractivity contribution in [1.82, 2.24) is 19.4 Å². The van der Waals surface area contributed by atoms with Gasteiger partial charge in [0.15, 0.2) is 0 Å². The fraction of sp³-hybridized carbons (Fsp3) is 0.600. The number of aromatic nitrogens is 2. The van der Waals surface area contributed by atoms with Crippen LogP contribution in [0.25, 0.3) is 11.3 Å². The molecule has 0 unspecified atom stereocenters. The largest absolute Gasteiger partial charge is 0.416 e. The summed E-state index contributed by atoms with van der Waals surface area (Å²) in [4.78, 5) is 14.2. The average molecular weight is 543 g/mol. The van der Waals surface area contributed by atoms with E-state index in [1.807, 2.05) is 6.20 Å². The number of likely N-dealkylation sites (tertiary alicyclic amines) is 2. The second-order valence-electron chi connectivity index (χ2n) is 11.3. The van der Waals surface area contributed by atoms with Crippen LogP contribution in [0, 0.1) is 5.92 Å². The van der Waals surface area contributed by atoms with Crippen molar-refractivity contribution in [2.24, 2.45) is 16.6 Å². The average Bonchev–Trinajstić information content (AvgIpc) is 3.58. The van der Waals surface area contributed by atoms with E-state index in [4.69, 9.17) is 10.7 Å². The third-order valence-electron chi connectivity index (χ3n) is 8.90. The first kappa shape index (κ1) is 27.7. The Kier molecular flexibility index (Phi) is 8.35. The van der Waals surface area contributed by atoms with E-state index in [-0.39, 0.29) is 5.92 Å². The summed E-state index contributed by atoms with van der Waals surface area (Å²) in [6.07, 6.45) is 5.53. The highest BCUT2D eigenvalue weighted by Crippen LogP contribution is 2.38. The SMILES string of the molecule is C/N=C(N)\C(=C(/C)N1CCC(c2nc(-c3cccc(C(F)(F)F)c3)cn2CCN2CCCC2)CC1)C1CCC1. The predicted octanol–water partition coefficient (Wildman–Crippen LogP) is 5.91. The smallest absolute Gasteiger partial charge is 0.384 e. The topological polar surface area (TPSA) is 62.7 Å². The van der Waals surface area contributed by atoms with E-state index in [0.29, 0.717) is 23.0 Å².